The average Bonchev–Trinajstić information content (AvgIpc) is 2.87. The van der Waals surface area contributed by atoms with E-state index in [4.69, 9.17) is 4.52 Å². The maximum atomic E-state index is 5.27. The minimum Gasteiger partial charge on any atom is -0.369 e. The molecule has 3 heteroatoms. The van der Waals surface area contributed by atoms with Crippen LogP contribution in [0.2, 0.25) is 0 Å². The van der Waals surface area contributed by atoms with E-state index in [0.29, 0.717) is 0 Å². The predicted octanol–water partition coefficient (Wildman–Crippen LogP) is 4.35. The molecule has 1 aromatic carbocycles. The largest absolute Gasteiger partial charge is 0.369 e. The van der Waals surface area contributed by atoms with E-state index in [1.807, 2.05) is 19.9 Å². The lowest BCUT2D eigenvalue weighted by Gasteiger charge is -2.23. The quantitative estimate of drug-likeness (QED) is 0.839. The summed E-state index contributed by atoms with van der Waals surface area (Å²) in [4.78, 5) is 2.30. The van der Waals surface area contributed by atoms with Gasteiger partial charge >= 0.3 is 0 Å². The molecule has 0 aliphatic carbocycles. The molecule has 0 amide bonds. The Hall–Kier alpha value is -2.55. The van der Waals surface area contributed by atoms with E-state index in [-0.39, 0.29) is 0 Å². The summed E-state index contributed by atoms with van der Waals surface area (Å²) in [6.45, 7) is 9.52. The number of aryl methyl sites for hydroxylation is 2. The molecule has 0 radical (unpaired) electrons. The molecule has 0 spiro atoms. The monoisotopic (exact) mass is 292 g/mol. The van der Waals surface area contributed by atoms with Gasteiger partial charge < -0.3 is 9.42 Å². The van der Waals surface area contributed by atoms with E-state index in [1.165, 1.54) is 5.56 Å². The summed E-state index contributed by atoms with van der Waals surface area (Å²) < 4.78 is 5.27. The van der Waals surface area contributed by atoms with Gasteiger partial charge in [0.15, 0.2) is 0 Å². The van der Waals surface area contributed by atoms with Gasteiger partial charge in [0.1, 0.15) is 5.76 Å². The van der Waals surface area contributed by atoms with Crippen LogP contribution in [0.3, 0.4) is 0 Å². The number of aromatic nitrogens is 1. The highest BCUT2D eigenvalue weighted by atomic mass is 16.5. The third kappa shape index (κ3) is 2.89. The van der Waals surface area contributed by atoms with E-state index in [1.54, 1.807) is 0 Å². The molecule has 1 aliphatic rings. The third-order valence-corrected chi connectivity index (χ3v) is 3.88. The van der Waals surface area contributed by atoms with Crippen LogP contribution >= 0.6 is 0 Å². The first-order chi connectivity index (χ1) is 10.7. The van der Waals surface area contributed by atoms with Gasteiger partial charge in [-0.1, -0.05) is 54.2 Å². The van der Waals surface area contributed by atoms with E-state index in [2.05, 4.69) is 59.3 Å². The van der Waals surface area contributed by atoms with E-state index < -0.39 is 0 Å². The summed E-state index contributed by atoms with van der Waals surface area (Å²) in [6.07, 6.45) is 8.37. The minimum atomic E-state index is 0.866. The zero-order valence-corrected chi connectivity index (χ0v) is 13.0. The minimum absolute atomic E-state index is 0.866. The van der Waals surface area contributed by atoms with Crippen molar-refractivity contribution in [3.8, 4) is 0 Å². The Kier molecular flexibility index (Phi) is 3.96. The van der Waals surface area contributed by atoms with Crippen LogP contribution in [0.25, 0.3) is 11.6 Å². The maximum absolute atomic E-state index is 5.27. The van der Waals surface area contributed by atoms with Crippen molar-refractivity contribution in [2.45, 2.75) is 20.4 Å². The summed E-state index contributed by atoms with van der Waals surface area (Å²) in [6, 6.07) is 8.50. The molecule has 0 bridgehead atoms. The van der Waals surface area contributed by atoms with Crippen molar-refractivity contribution < 1.29 is 4.52 Å². The van der Waals surface area contributed by atoms with Crippen molar-refractivity contribution in [1.82, 2.24) is 10.1 Å². The fourth-order valence-electron chi connectivity index (χ4n) is 2.75. The van der Waals surface area contributed by atoms with Crippen molar-refractivity contribution in [3.63, 3.8) is 0 Å². The van der Waals surface area contributed by atoms with Crippen LogP contribution in [0, 0.1) is 13.8 Å². The molecule has 0 fully saturated rings. The zero-order valence-electron chi connectivity index (χ0n) is 13.0. The number of benzene rings is 1. The highest BCUT2D eigenvalue weighted by Crippen LogP contribution is 2.26. The summed E-state index contributed by atoms with van der Waals surface area (Å²) >= 11 is 0. The Labute approximate surface area is 131 Å². The Bertz CT molecular complexity index is 716. The highest BCUT2D eigenvalue weighted by Gasteiger charge is 2.15. The second kappa shape index (κ2) is 6.06. The first kappa shape index (κ1) is 14.4. The second-order valence-electron chi connectivity index (χ2n) is 5.56. The number of nitrogens with zero attached hydrogens (tertiary/aromatic N) is 2. The molecule has 0 atom stereocenters. The molecule has 0 saturated carbocycles. The standard InChI is InChI=1S/C19H20N2O/c1-4-16-7-9-17(10-8-16)12-21-11-5-6-18(13-21)19-14(2)20-22-15(19)3/h4-10,13H,1,11-12H2,2-3H3. The van der Waals surface area contributed by atoms with Gasteiger partial charge in [-0.3, -0.25) is 0 Å². The molecule has 2 heterocycles. The van der Waals surface area contributed by atoms with Gasteiger partial charge in [0.2, 0.25) is 0 Å². The van der Waals surface area contributed by atoms with E-state index in [0.717, 1.165) is 41.2 Å². The predicted molar refractivity (Wildman–Crippen MR) is 90.0 cm³/mol. The maximum Gasteiger partial charge on any atom is 0.141 e. The molecule has 3 nitrogen and oxygen atoms in total. The Morgan fingerprint density at radius 3 is 2.68 bits per heavy atom. The first-order valence-corrected chi connectivity index (χ1v) is 7.44. The molecular weight excluding hydrogens is 272 g/mol. The summed E-state index contributed by atoms with van der Waals surface area (Å²) in [5, 5.41) is 4.04. The molecule has 0 saturated heterocycles. The fourth-order valence-corrected chi connectivity index (χ4v) is 2.75. The number of hydrogen-bond donors (Lipinski definition) is 0. The second-order valence-corrected chi connectivity index (χ2v) is 5.56. The van der Waals surface area contributed by atoms with Crippen molar-refractivity contribution in [2.24, 2.45) is 0 Å². The van der Waals surface area contributed by atoms with Gasteiger partial charge in [0.05, 0.1) is 5.69 Å². The summed E-state index contributed by atoms with van der Waals surface area (Å²) in [5.74, 6) is 0.866. The first-order valence-electron chi connectivity index (χ1n) is 7.44. The fraction of sp³-hybridized carbons (Fsp3) is 0.211. The molecule has 0 N–H and O–H groups in total. The van der Waals surface area contributed by atoms with E-state index >= 15 is 0 Å². The molecular formula is C19H20N2O. The van der Waals surface area contributed by atoms with Gasteiger partial charge in [-0.05, 0) is 25.0 Å². The van der Waals surface area contributed by atoms with Crippen LogP contribution in [0.4, 0.5) is 0 Å². The van der Waals surface area contributed by atoms with Crippen LogP contribution in [0.1, 0.15) is 28.1 Å². The normalized spacial score (nSPS) is 14.1. The van der Waals surface area contributed by atoms with Crippen molar-refractivity contribution in [2.75, 3.05) is 6.54 Å². The van der Waals surface area contributed by atoms with Gasteiger partial charge in [0, 0.05) is 30.4 Å². The Morgan fingerprint density at radius 1 is 1.27 bits per heavy atom. The van der Waals surface area contributed by atoms with Crippen LogP contribution in [0.5, 0.6) is 0 Å². The van der Waals surface area contributed by atoms with Gasteiger partial charge in [-0.15, -0.1) is 0 Å². The molecule has 3 rings (SSSR count). The number of allylic oxidation sites excluding steroid dienone is 2. The van der Waals surface area contributed by atoms with E-state index in [9.17, 15) is 0 Å². The van der Waals surface area contributed by atoms with Crippen molar-refractivity contribution >= 4 is 11.6 Å². The SMILES string of the molecule is C=Cc1ccc(CN2C=C(c3c(C)noc3C)C=CC2)cc1. The highest BCUT2D eigenvalue weighted by molar-refractivity contribution is 5.76. The number of hydrogen-bond acceptors (Lipinski definition) is 3. The third-order valence-electron chi connectivity index (χ3n) is 3.88. The van der Waals surface area contributed by atoms with Gasteiger partial charge in [-0.25, -0.2) is 0 Å². The van der Waals surface area contributed by atoms with Gasteiger partial charge in [-0.2, -0.15) is 0 Å². The Balaban J connectivity index is 1.80. The lowest BCUT2D eigenvalue weighted by molar-refractivity contribution is 0.392. The number of rotatable bonds is 4. The molecule has 1 aliphatic heterocycles. The van der Waals surface area contributed by atoms with Crippen LogP contribution in [-0.2, 0) is 6.54 Å². The average molecular weight is 292 g/mol. The summed E-state index contributed by atoms with van der Waals surface area (Å²) in [5.41, 5.74) is 5.63. The van der Waals surface area contributed by atoms with Crippen LogP contribution < -0.4 is 0 Å². The van der Waals surface area contributed by atoms with Gasteiger partial charge in [0.25, 0.3) is 0 Å². The zero-order chi connectivity index (χ0) is 15.5. The molecule has 22 heavy (non-hydrogen) atoms. The Morgan fingerprint density at radius 2 is 2.05 bits per heavy atom. The topological polar surface area (TPSA) is 29.3 Å². The van der Waals surface area contributed by atoms with Crippen LogP contribution in [0.15, 0.2) is 53.7 Å². The van der Waals surface area contributed by atoms with Crippen molar-refractivity contribution in [3.05, 3.63) is 77.3 Å². The lowest BCUT2D eigenvalue weighted by atomic mass is 10.0. The molecule has 2 aromatic rings. The molecule has 1 aromatic heterocycles. The summed E-state index contributed by atoms with van der Waals surface area (Å²) in [7, 11) is 0. The van der Waals surface area contributed by atoms with Crippen LogP contribution in [-0.4, -0.2) is 16.6 Å². The van der Waals surface area contributed by atoms with Crippen molar-refractivity contribution in [1.29, 1.82) is 0 Å². The molecule has 0 unspecified atom stereocenters. The lowest BCUT2D eigenvalue weighted by Crippen LogP contribution is -2.19. The smallest absolute Gasteiger partial charge is 0.141 e. The molecule has 112 valence electrons.